The predicted molar refractivity (Wildman–Crippen MR) is 114 cm³/mol. The van der Waals surface area contributed by atoms with E-state index in [0.717, 1.165) is 23.5 Å². The van der Waals surface area contributed by atoms with Gasteiger partial charge in [-0.2, -0.15) is 0 Å². The van der Waals surface area contributed by atoms with Crippen LogP contribution in [0.1, 0.15) is 28.9 Å². The maximum absolute atomic E-state index is 12.6. The minimum absolute atomic E-state index is 0.0180. The number of nitrogens with one attached hydrogen (secondary N) is 2. The predicted octanol–water partition coefficient (Wildman–Crippen LogP) is 2.69. The molecule has 2 atom stereocenters. The Kier molecular flexibility index (Phi) is 7.88. The van der Waals surface area contributed by atoms with Crippen LogP contribution in [0.2, 0.25) is 5.02 Å². The van der Waals surface area contributed by atoms with Crippen LogP contribution in [0, 0.1) is 0 Å². The van der Waals surface area contributed by atoms with Crippen LogP contribution in [-0.4, -0.2) is 49.7 Å². The SMILES string of the molecule is NC(=O)NC(CC(=O)NCC(c1ccc(Cl)cc1)N1CCOCC1)c1cccs1. The highest BCUT2D eigenvalue weighted by Gasteiger charge is 2.24. The Hall–Kier alpha value is -2.13. The van der Waals surface area contributed by atoms with Gasteiger partial charge in [-0.05, 0) is 29.1 Å². The van der Waals surface area contributed by atoms with Gasteiger partial charge in [-0.25, -0.2) is 4.79 Å². The fraction of sp³-hybridized carbons (Fsp3) is 0.400. The monoisotopic (exact) mass is 436 g/mol. The second-order valence-corrected chi connectivity index (χ2v) is 8.22. The summed E-state index contributed by atoms with van der Waals surface area (Å²) in [5, 5.41) is 8.24. The molecule has 4 N–H and O–H groups in total. The molecule has 2 unspecified atom stereocenters. The number of morpholine rings is 1. The van der Waals surface area contributed by atoms with Crippen LogP contribution < -0.4 is 16.4 Å². The highest BCUT2D eigenvalue weighted by Crippen LogP contribution is 2.24. The molecular weight excluding hydrogens is 412 g/mol. The number of carbonyl (C=O) groups is 2. The minimum Gasteiger partial charge on any atom is -0.379 e. The molecule has 1 aliphatic heterocycles. The van der Waals surface area contributed by atoms with Crippen LogP contribution in [0.5, 0.6) is 0 Å². The summed E-state index contributed by atoms with van der Waals surface area (Å²) in [5.41, 5.74) is 6.36. The summed E-state index contributed by atoms with van der Waals surface area (Å²) in [6.07, 6.45) is 0.125. The molecule has 0 bridgehead atoms. The van der Waals surface area contributed by atoms with Gasteiger partial charge in [0.2, 0.25) is 5.91 Å². The van der Waals surface area contributed by atoms with Crippen LogP contribution in [0.4, 0.5) is 4.79 Å². The lowest BCUT2D eigenvalue weighted by atomic mass is 10.0. The normalized spacial score (nSPS) is 16.7. The van der Waals surface area contributed by atoms with Crippen LogP contribution in [0.25, 0.3) is 0 Å². The van der Waals surface area contributed by atoms with Gasteiger partial charge in [0.05, 0.1) is 31.7 Å². The third-order valence-corrected chi connectivity index (χ3v) is 6.06. The van der Waals surface area contributed by atoms with Gasteiger partial charge in [-0.15, -0.1) is 11.3 Å². The summed E-state index contributed by atoms with van der Waals surface area (Å²) in [6, 6.07) is 10.4. The quantitative estimate of drug-likeness (QED) is 0.592. The Balaban J connectivity index is 1.65. The summed E-state index contributed by atoms with van der Waals surface area (Å²) in [6.45, 7) is 3.38. The zero-order valence-electron chi connectivity index (χ0n) is 16.0. The number of carbonyl (C=O) groups excluding carboxylic acids is 2. The van der Waals surface area contributed by atoms with Gasteiger partial charge in [0, 0.05) is 29.5 Å². The van der Waals surface area contributed by atoms with Gasteiger partial charge in [-0.3, -0.25) is 9.69 Å². The Bertz CT molecular complexity index is 795. The molecule has 7 nitrogen and oxygen atoms in total. The molecule has 3 rings (SSSR count). The number of urea groups is 1. The number of halogens is 1. The number of nitrogens with two attached hydrogens (primary N) is 1. The maximum atomic E-state index is 12.6. The lowest BCUT2D eigenvalue weighted by Crippen LogP contribution is -2.44. The summed E-state index contributed by atoms with van der Waals surface area (Å²) >= 11 is 7.51. The molecular formula is C20H25ClN4O3S. The lowest BCUT2D eigenvalue weighted by Gasteiger charge is -2.35. The van der Waals surface area contributed by atoms with Crippen molar-refractivity contribution in [3.8, 4) is 0 Å². The molecule has 0 radical (unpaired) electrons. The molecule has 0 spiro atoms. The van der Waals surface area contributed by atoms with E-state index in [1.165, 1.54) is 11.3 Å². The summed E-state index contributed by atoms with van der Waals surface area (Å²) in [7, 11) is 0. The van der Waals surface area contributed by atoms with E-state index in [2.05, 4.69) is 15.5 Å². The summed E-state index contributed by atoms with van der Waals surface area (Å²) in [5.74, 6) is -0.149. The van der Waals surface area contributed by atoms with E-state index in [1.54, 1.807) is 0 Å². The highest BCUT2D eigenvalue weighted by atomic mass is 35.5. The standard InChI is InChI=1S/C20H25ClN4O3S/c21-15-5-3-14(4-6-15)17(25-7-9-28-10-8-25)13-23-19(26)12-16(24-20(22)27)18-2-1-11-29-18/h1-6,11,16-17H,7-10,12-13H2,(H,23,26)(H3,22,24,27). The molecule has 1 fully saturated rings. The van der Waals surface area contributed by atoms with Gasteiger partial charge in [0.25, 0.3) is 0 Å². The van der Waals surface area contributed by atoms with E-state index in [4.69, 9.17) is 22.1 Å². The number of thiophene rings is 1. The molecule has 1 aromatic carbocycles. The molecule has 29 heavy (non-hydrogen) atoms. The summed E-state index contributed by atoms with van der Waals surface area (Å²) in [4.78, 5) is 27.2. The van der Waals surface area contributed by atoms with Crippen molar-refractivity contribution in [1.29, 1.82) is 0 Å². The molecule has 3 amide bonds. The molecule has 1 aromatic heterocycles. The number of primary amides is 1. The second-order valence-electron chi connectivity index (χ2n) is 6.80. The van der Waals surface area contributed by atoms with Gasteiger partial charge in [-0.1, -0.05) is 29.8 Å². The van der Waals surface area contributed by atoms with Crippen molar-refractivity contribution < 1.29 is 14.3 Å². The van der Waals surface area contributed by atoms with E-state index in [-0.39, 0.29) is 18.4 Å². The number of hydrogen-bond donors (Lipinski definition) is 3. The van der Waals surface area contributed by atoms with Crippen molar-refractivity contribution in [3.63, 3.8) is 0 Å². The van der Waals surface area contributed by atoms with Crippen LogP contribution in [-0.2, 0) is 9.53 Å². The van der Waals surface area contributed by atoms with E-state index in [9.17, 15) is 9.59 Å². The molecule has 0 aliphatic carbocycles. The molecule has 1 saturated heterocycles. The first-order valence-electron chi connectivity index (χ1n) is 9.46. The zero-order valence-corrected chi connectivity index (χ0v) is 17.5. The smallest absolute Gasteiger partial charge is 0.312 e. The Morgan fingerprint density at radius 1 is 1.21 bits per heavy atom. The molecule has 0 saturated carbocycles. The maximum Gasteiger partial charge on any atom is 0.312 e. The third kappa shape index (κ3) is 6.43. The highest BCUT2D eigenvalue weighted by molar-refractivity contribution is 7.10. The Labute approximate surface area is 179 Å². The van der Waals surface area contributed by atoms with Gasteiger partial charge in [0.1, 0.15) is 0 Å². The Morgan fingerprint density at radius 2 is 1.93 bits per heavy atom. The topological polar surface area (TPSA) is 96.7 Å². The van der Waals surface area contributed by atoms with E-state index in [1.807, 2.05) is 41.8 Å². The van der Waals surface area contributed by atoms with Crippen molar-refractivity contribution >= 4 is 34.9 Å². The minimum atomic E-state index is -0.649. The first kappa shape index (κ1) is 21.6. The van der Waals surface area contributed by atoms with E-state index in [0.29, 0.717) is 24.8 Å². The van der Waals surface area contributed by atoms with Crippen molar-refractivity contribution in [2.45, 2.75) is 18.5 Å². The molecule has 156 valence electrons. The second kappa shape index (κ2) is 10.6. The zero-order chi connectivity index (χ0) is 20.6. The van der Waals surface area contributed by atoms with Crippen molar-refractivity contribution in [2.75, 3.05) is 32.8 Å². The van der Waals surface area contributed by atoms with Gasteiger partial charge >= 0.3 is 6.03 Å². The fourth-order valence-corrected chi connectivity index (χ4v) is 4.29. The van der Waals surface area contributed by atoms with Crippen LogP contribution in [0.15, 0.2) is 41.8 Å². The van der Waals surface area contributed by atoms with Crippen molar-refractivity contribution in [2.24, 2.45) is 5.73 Å². The number of nitrogens with zero attached hydrogens (tertiary/aromatic N) is 1. The van der Waals surface area contributed by atoms with Crippen molar-refractivity contribution in [1.82, 2.24) is 15.5 Å². The molecule has 2 heterocycles. The number of benzene rings is 1. The number of amides is 3. The fourth-order valence-electron chi connectivity index (χ4n) is 3.38. The summed E-state index contributed by atoms with van der Waals surface area (Å²) < 4.78 is 5.46. The number of rotatable bonds is 8. The van der Waals surface area contributed by atoms with Crippen molar-refractivity contribution in [3.05, 3.63) is 57.2 Å². The van der Waals surface area contributed by atoms with Gasteiger partial charge < -0.3 is 21.1 Å². The molecule has 2 aromatic rings. The van der Waals surface area contributed by atoms with E-state index >= 15 is 0 Å². The van der Waals surface area contributed by atoms with Crippen LogP contribution >= 0.6 is 22.9 Å². The van der Waals surface area contributed by atoms with Gasteiger partial charge in [0.15, 0.2) is 0 Å². The third-order valence-electron chi connectivity index (χ3n) is 4.83. The lowest BCUT2D eigenvalue weighted by molar-refractivity contribution is -0.121. The van der Waals surface area contributed by atoms with Crippen LogP contribution in [0.3, 0.4) is 0 Å². The molecule has 9 heteroatoms. The first-order chi connectivity index (χ1) is 14.0. The van der Waals surface area contributed by atoms with E-state index < -0.39 is 12.1 Å². The largest absolute Gasteiger partial charge is 0.379 e. The Morgan fingerprint density at radius 3 is 2.55 bits per heavy atom. The number of hydrogen-bond acceptors (Lipinski definition) is 5. The first-order valence-corrected chi connectivity index (χ1v) is 10.7. The average Bonchev–Trinajstić information content (AvgIpc) is 3.24. The average molecular weight is 437 g/mol. The molecule has 1 aliphatic rings. The number of ether oxygens (including phenoxy) is 1.